The summed E-state index contributed by atoms with van der Waals surface area (Å²) in [5.74, 6) is -0.827. The smallest absolute Gasteiger partial charge is 0.329 e. The van der Waals surface area contributed by atoms with E-state index in [0.29, 0.717) is 37.1 Å². The van der Waals surface area contributed by atoms with Crippen molar-refractivity contribution in [2.24, 2.45) is 5.92 Å². The first-order chi connectivity index (χ1) is 13.0. The summed E-state index contributed by atoms with van der Waals surface area (Å²) >= 11 is 0. The molecule has 1 aromatic rings. The second-order valence-electron chi connectivity index (χ2n) is 6.48. The van der Waals surface area contributed by atoms with Gasteiger partial charge in [0, 0.05) is 12.1 Å². The lowest BCUT2D eigenvalue weighted by molar-refractivity contribution is -0.142. The lowest BCUT2D eigenvalue weighted by Crippen LogP contribution is -2.31. The Balaban J connectivity index is 1.89. The molecule has 27 heavy (non-hydrogen) atoms. The van der Waals surface area contributed by atoms with Crippen LogP contribution in [0.15, 0.2) is 30.0 Å². The molecule has 1 aromatic carbocycles. The number of hydrogen-bond donors (Lipinski definition) is 2. The number of urea groups is 1. The molecule has 0 bridgehead atoms. The summed E-state index contributed by atoms with van der Waals surface area (Å²) in [4.78, 5) is 36.8. The summed E-state index contributed by atoms with van der Waals surface area (Å²) in [7, 11) is 1.55. The third-order valence-corrected chi connectivity index (χ3v) is 4.68. The number of hydrogen-bond acceptors (Lipinski definition) is 4. The molecule has 1 unspecified atom stereocenters. The molecule has 146 valence electrons. The predicted octanol–water partition coefficient (Wildman–Crippen LogP) is 3.26. The molecule has 0 aliphatic carbocycles. The zero-order valence-electron chi connectivity index (χ0n) is 15.7. The van der Waals surface area contributed by atoms with Crippen LogP contribution in [0.1, 0.15) is 44.6 Å². The molecule has 7 heteroatoms. The Morgan fingerprint density at radius 1 is 1.26 bits per heavy atom. The number of carbonyl (C=O) groups excluding carboxylic acids is 2. The lowest BCUT2D eigenvalue weighted by Gasteiger charge is -2.12. The molecule has 1 heterocycles. The third kappa shape index (κ3) is 5.32. The summed E-state index contributed by atoms with van der Waals surface area (Å²) in [5.41, 5.74) is 0.936. The second-order valence-corrected chi connectivity index (χ2v) is 6.48. The quantitative estimate of drug-likeness (QED) is 0.372. The number of imide groups is 1. The highest BCUT2D eigenvalue weighted by Gasteiger charge is 2.33. The molecule has 3 amide bonds. The molecule has 1 fully saturated rings. The van der Waals surface area contributed by atoms with E-state index in [-0.39, 0.29) is 17.5 Å². The van der Waals surface area contributed by atoms with Crippen LogP contribution in [0.3, 0.4) is 0 Å². The average molecular weight is 374 g/mol. The monoisotopic (exact) mass is 374 g/mol. The van der Waals surface area contributed by atoms with Crippen molar-refractivity contribution in [1.82, 2.24) is 10.2 Å². The molecule has 0 radical (unpaired) electrons. The van der Waals surface area contributed by atoms with Gasteiger partial charge in [0.2, 0.25) is 0 Å². The minimum Gasteiger partial charge on any atom is -0.496 e. The Morgan fingerprint density at radius 2 is 2.00 bits per heavy atom. The maximum atomic E-state index is 12.5. The highest BCUT2D eigenvalue weighted by Crippen LogP contribution is 2.22. The molecule has 1 atom stereocenters. The number of aliphatic carboxylic acids is 1. The minimum absolute atomic E-state index is 0.224. The van der Waals surface area contributed by atoms with Crippen LogP contribution in [0.5, 0.6) is 5.75 Å². The van der Waals surface area contributed by atoms with Gasteiger partial charge in [-0.2, -0.15) is 0 Å². The number of carboxylic acids is 1. The highest BCUT2D eigenvalue weighted by atomic mass is 16.5. The number of ether oxygens (including phenoxy) is 1. The number of benzene rings is 1. The van der Waals surface area contributed by atoms with Crippen molar-refractivity contribution in [3.63, 3.8) is 0 Å². The fourth-order valence-electron chi connectivity index (χ4n) is 3.06. The first-order valence-corrected chi connectivity index (χ1v) is 9.18. The zero-order chi connectivity index (χ0) is 19.8. The number of para-hydroxylation sites is 1. The van der Waals surface area contributed by atoms with Crippen LogP contribution >= 0.6 is 0 Å². The number of rotatable bonds is 10. The second kappa shape index (κ2) is 9.75. The van der Waals surface area contributed by atoms with Gasteiger partial charge in [0.15, 0.2) is 0 Å². The van der Waals surface area contributed by atoms with Crippen molar-refractivity contribution < 1.29 is 24.2 Å². The molecular formula is C20H26N2O5. The average Bonchev–Trinajstić information content (AvgIpc) is 2.91. The van der Waals surface area contributed by atoms with Gasteiger partial charge in [-0.3, -0.25) is 14.5 Å². The van der Waals surface area contributed by atoms with Crippen LogP contribution in [0.2, 0.25) is 0 Å². The van der Waals surface area contributed by atoms with Crippen molar-refractivity contribution in [2.75, 3.05) is 13.7 Å². The summed E-state index contributed by atoms with van der Waals surface area (Å²) < 4.78 is 5.26. The first-order valence-electron chi connectivity index (χ1n) is 9.18. The van der Waals surface area contributed by atoms with E-state index < -0.39 is 12.0 Å². The number of carbonyl (C=O) groups is 3. The SMILES string of the molecule is CCC(CCCCCN1C(=O)N/C(=C\c2ccccc2OC)C1=O)C(=O)O. The Hall–Kier alpha value is -2.83. The van der Waals surface area contributed by atoms with Gasteiger partial charge in [0.25, 0.3) is 5.91 Å². The van der Waals surface area contributed by atoms with Gasteiger partial charge in [-0.05, 0) is 31.4 Å². The largest absolute Gasteiger partial charge is 0.496 e. The van der Waals surface area contributed by atoms with Crippen LogP contribution in [0.4, 0.5) is 4.79 Å². The van der Waals surface area contributed by atoms with Crippen LogP contribution in [-0.4, -0.2) is 41.6 Å². The van der Waals surface area contributed by atoms with Crippen molar-refractivity contribution in [3.05, 3.63) is 35.5 Å². The Morgan fingerprint density at radius 3 is 2.67 bits per heavy atom. The molecule has 2 rings (SSSR count). The Bertz CT molecular complexity index is 729. The van der Waals surface area contributed by atoms with E-state index in [1.807, 2.05) is 19.1 Å². The van der Waals surface area contributed by atoms with E-state index in [2.05, 4.69) is 5.32 Å². The molecule has 2 N–H and O–H groups in total. The first kappa shape index (κ1) is 20.5. The topological polar surface area (TPSA) is 95.9 Å². The van der Waals surface area contributed by atoms with Gasteiger partial charge in [0.1, 0.15) is 11.4 Å². The Kier molecular flexibility index (Phi) is 7.40. The fourth-order valence-corrected chi connectivity index (χ4v) is 3.06. The maximum Gasteiger partial charge on any atom is 0.329 e. The normalized spacial score (nSPS) is 16.5. The minimum atomic E-state index is -0.766. The number of methoxy groups -OCH3 is 1. The number of nitrogens with one attached hydrogen (secondary N) is 1. The van der Waals surface area contributed by atoms with Crippen LogP contribution < -0.4 is 10.1 Å². The van der Waals surface area contributed by atoms with Crippen molar-refractivity contribution in [1.29, 1.82) is 0 Å². The molecule has 0 spiro atoms. The van der Waals surface area contributed by atoms with Crippen LogP contribution in [0.25, 0.3) is 6.08 Å². The lowest BCUT2D eigenvalue weighted by atomic mass is 9.99. The molecule has 7 nitrogen and oxygen atoms in total. The highest BCUT2D eigenvalue weighted by molar-refractivity contribution is 6.14. The molecular weight excluding hydrogens is 348 g/mol. The van der Waals surface area contributed by atoms with Crippen molar-refractivity contribution >= 4 is 24.0 Å². The van der Waals surface area contributed by atoms with E-state index in [0.717, 1.165) is 12.8 Å². The molecule has 1 aliphatic rings. The summed E-state index contributed by atoms with van der Waals surface area (Å²) in [5, 5.41) is 11.6. The molecule has 1 saturated heterocycles. The van der Waals surface area contributed by atoms with Crippen molar-refractivity contribution in [2.45, 2.75) is 39.0 Å². The molecule has 1 aliphatic heterocycles. The predicted molar refractivity (Wildman–Crippen MR) is 101 cm³/mol. The van der Waals surface area contributed by atoms with E-state index in [4.69, 9.17) is 9.84 Å². The van der Waals surface area contributed by atoms with E-state index in [1.165, 1.54) is 4.90 Å². The van der Waals surface area contributed by atoms with Crippen molar-refractivity contribution in [3.8, 4) is 5.75 Å². The van der Waals surface area contributed by atoms with Gasteiger partial charge in [-0.1, -0.05) is 38.0 Å². The summed E-state index contributed by atoms with van der Waals surface area (Å²) in [6.07, 6.45) is 5.02. The summed E-state index contributed by atoms with van der Waals surface area (Å²) in [6, 6.07) is 6.81. The fraction of sp³-hybridized carbons (Fsp3) is 0.450. The third-order valence-electron chi connectivity index (χ3n) is 4.68. The maximum absolute atomic E-state index is 12.5. The summed E-state index contributed by atoms with van der Waals surface area (Å²) in [6.45, 7) is 2.18. The van der Waals surface area contributed by atoms with Gasteiger partial charge >= 0.3 is 12.0 Å². The Labute approximate surface area is 159 Å². The van der Waals surface area contributed by atoms with E-state index >= 15 is 0 Å². The van der Waals surface area contributed by atoms with Gasteiger partial charge in [-0.25, -0.2) is 4.79 Å². The zero-order valence-corrected chi connectivity index (χ0v) is 15.7. The van der Waals surface area contributed by atoms with Gasteiger partial charge in [-0.15, -0.1) is 0 Å². The number of nitrogens with zero attached hydrogens (tertiary/aromatic N) is 1. The number of unbranched alkanes of at least 4 members (excludes halogenated alkanes) is 2. The standard InChI is InChI=1S/C20H26N2O5/c1-3-14(19(24)25)9-5-4-8-12-22-18(23)16(21-20(22)26)13-15-10-6-7-11-17(15)27-2/h6-7,10-11,13-14H,3-5,8-9,12H2,1-2H3,(H,21,26)(H,24,25)/b16-13-. The van der Waals surface area contributed by atoms with Gasteiger partial charge < -0.3 is 15.2 Å². The number of amides is 3. The molecule has 0 aromatic heterocycles. The van der Waals surface area contributed by atoms with Gasteiger partial charge in [0.05, 0.1) is 13.0 Å². The number of carboxylic acid groups (broad SMARTS) is 1. The van der Waals surface area contributed by atoms with Crippen LogP contribution in [-0.2, 0) is 9.59 Å². The van der Waals surface area contributed by atoms with Crippen LogP contribution in [0, 0.1) is 5.92 Å². The van der Waals surface area contributed by atoms with E-state index in [9.17, 15) is 14.4 Å². The molecule has 0 saturated carbocycles. The van der Waals surface area contributed by atoms with E-state index in [1.54, 1.807) is 25.3 Å².